The Labute approximate surface area is 163 Å². The van der Waals surface area contributed by atoms with E-state index in [-0.39, 0.29) is 5.91 Å². The second kappa shape index (κ2) is 7.57. The maximum Gasteiger partial charge on any atom is 0.257 e. The lowest BCUT2D eigenvalue weighted by Gasteiger charge is -2.03. The number of para-hydroxylation sites is 1. The third kappa shape index (κ3) is 3.65. The molecule has 0 atom stereocenters. The van der Waals surface area contributed by atoms with E-state index in [1.807, 2.05) is 53.9 Å². The van der Waals surface area contributed by atoms with Crippen LogP contribution in [0.5, 0.6) is 0 Å². The average molecular weight is 398 g/mol. The molecule has 130 valence electrons. The zero-order valence-electron chi connectivity index (χ0n) is 13.9. The molecule has 0 aliphatic carbocycles. The minimum absolute atomic E-state index is 0.150. The third-order valence-electron chi connectivity index (χ3n) is 3.67. The van der Waals surface area contributed by atoms with Crippen molar-refractivity contribution in [1.29, 1.82) is 0 Å². The van der Waals surface area contributed by atoms with Crippen molar-refractivity contribution in [1.82, 2.24) is 9.97 Å². The van der Waals surface area contributed by atoms with E-state index in [4.69, 9.17) is 0 Å². The van der Waals surface area contributed by atoms with E-state index in [1.165, 1.54) is 11.3 Å². The topological polar surface area (TPSA) is 54.9 Å². The third-order valence-corrected chi connectivity index (χ3v) is 6.38. The normalized spacial score (nSPS) is 11.0. The predicted molar refractivity (Wildman–Crippen MR) is 112 cm³/mol. The van der Waals surface area contributed by atoms with Crippen LogP contribution in [0.25, 0.3) is 20.9 Å². The van der Waals surface area contributed by atoms with Crippen molar-refractivity contribution in [2.75, 3.05) is 11.1 Å². The Kier molecular flexibility index (Phi) is 5.01. The highest BCUT2D eigenvalue weighted by molar-refractivity contribution is 7.99. The number of nitrogens with one attached hydrogen (secondary N) is 1. The molecule has 4 aromatic rings. The minimum atomic E-state index is -0.150. The molecule has 2 aromatic carbocycles. The summed E-state index contributed by atoms with van der Waals surface area (Å²) in [5.74, 6) is 0.863. The van der Waals surface area contributed by atoms with E-state index in [0.29, 0.717) is 10.7 Å². The van der Waals surface area contributed by atoms with Crippen LogP contribution < -0.4 is 5.32 Å². The molecule has 4 rings (SSSR count). The highest BCUT2D eigenvalue weighted by Gasteiger charge is 2.12. The molecule has 0 saturated carbocycles. The summed E-state index contributed by atoms with van der Waals surface area (Å²) in [7, 11) is 0. The first kappa shape index (κ1) is 17.2. The molecule has 26 heavy (non-hydrogen) atoms. The number of rotatable bonds is 5. The number of fused-ring (bicyclic) bond motifs is 1. The van der Waals surface area contributed by atoms with Crippen molar-refractivity contribution < 1.29 is 4.79 Å². The lowest BCUT2D eigenvalue weighted by Crippen LogP contribution is -2.11. The lowest BCUT2D eigenvalue weighted by atomic mass is 10.2. The van der Waals surface area contributed by atoms with Gasteiger partial charge in [-0.1, -0.05) is 19.1 Å². The molecule has 4 nitrogen and oxygen atoms in total. The van der Waals surface area contributed by atoms with Crippen molar-refractivity contribution in [3.05, 3.63) is 59.5 Å². The number of hydrogen-bond donors (Lipinski definition) is 1. The number of thiazole rings is 2. The van der Waals surface area contributed by atoms with E-state index in [1.54, 1.807) is 23.1 Å². The van der Waals surface area contributed by atoms with Gasteiger partial charge in [-0.15, -0.1) is 34.4 Å². The summed E-state index contributed by atoms with van der Waals surface area (Å²) in [4.78, 5) is 22.7. The molecule has 0 aliphatic rings. The fourth-order valence-electron chi connectivity index (χ4n) is 2.45. The summed E-state index contributed by atoms with van der Waals surface area (Å²) in [6, 6.07) is 15.6. The monoisotopic (exact) mass is 397 g/mol. The van der Waals surface area contributed by atoms with Crippen LogP contribution in [0.1, 0.15) is 17.3 Å². The highest BCUT2D eigenvalue weighted by Crippen LogP contribution is 2.32. The van der Waals surface area contributed by atoms with Crippen LogP contribution in [0.2, 0.25) is 0 Å². The summed E-state index contributed by atoms with van der Waals surface area (Å²) in [6.45, 7) is 2.11. The quantitative estimate of drug-likeness (QED) is 0.433. The van der Waals surface area contributed by atoms with Gasteiger partial charge in [-0.25, -0.2) is 9.97 Å². The summed E-state index contributed by atoms with van der Waals surface area (Å²) in [5.41, 5.74) is 2.39. The average Bonchev–Trinajstić information content (AvgIpc) is 3.29. The first-order valence-electron chi connectivity index (χ1n) is 8.08. The van der Waals surface area contributed by atoms with Gasteiger partial charge < -0.3 is 0 Å². The number of carbonyl (C=O) groups excluding carboxylic acids is 1. The number of benzene rings is 2. The van der Waals surface area contributed by atoms with Crippen molar-refractivity contribution >= 4 is 55.7 Å². The number of nitrogens with zero attached hydrogens (tertiary/aromatic N) is 2. The molecular formula is C19H15N3OS3. The molecule has 1 amide bonds. The molecule has 0 saturated heterocycles. The Balaban J connectivity index is 1.50. The van der Waals surface area contributed by atoms with Crippen molar-refractivity contribution in [2.45, 2.75) is 11.8 Å². The summed E-state index contributed by atoms with van der Waals surface area (Å²) < 4.78 is 1.13. The van der Waals surface area contributed by atoms with Crippen LogP contribution in [0.3, 0.4) is 0 Å². The van der Waals surface area contributed by atoms with Gasteiger partial charge in [-0.2, -0.15) is 0 Å². The fraction of sp³-hybridized carbons (Fsp3) is 0.105. The zero-order chi connectivity index (χ0) is 17.9. The Hall–Kier alpha value is -2.22. The molecule has 1 N–H and O–H groups in total. The fourth-order valence-corrected chi connectivity index (χ4v) is 4.80. The molecule has 2 heterocycles. The first-order chi connectivity index (χ1) is 12.7. The molecule has 2 aromatic heterocycles. The molecule has 0 bridgehead atoms. The van der Waals surface area contributed by atoms with Gasteiger partial charge in [-0.3, -0.25) is 10.1 Å². The van der Waals surface area contributed by atoms with Crippen molar-refractivity contribution in [2.24, 2.45) is 0 Å². The minimum Gasteiger partial charge on any atom is -0.298 e. The molecule has 0 aliphatic heterocycles. The van der Waals surface area contributed by atoms with E-state index in [9.17, 15) is 4.79 Å². The number of thioether (sulfide) groups is 1. The molecule has 7 heteroatoms. The van der Waals surface area contributed by atoms with Gasteiger partial charge in [0, 0.05) is 15.8 Å². The van der Waals surface area contributed by atoms with Gasteiger partial charge in [0.25, 0.3) is 5.91 Å². The molecular weight excluding hydrogens is 382 g/mol. The number of aromatic nitrogens is 2. The number of amides is 1. The lowest BCUT2D eigenvalue weighted by molar-refractivity contribution is 0.102. The zero-order valence-corrected chi connectivity index (χ0v) is 16.4. The highest BCUT2D eigenvalue weighted by atomic mass is 32.2. The molecule has 0 spiro atoms. The standard InChI is InChI=1S/C19H15N3OS3/c1-2-24-13-9-7-12(8-10-13)17(23)22-19-21-15(11-25-19)18-20-14-5-3-4-6-16(14)26-18/h3-11H,2H2,1H3,(H,21,22,23). The van der Waals surface area contributed by atoms with Crippen LogP contribution in [0.15, 0.2) is 58.8 Å². The van der Waals surface area contributed by atoms with Crippen molar-refractivity contribution in [3.8, 4) is 10.7 Å². The van der Waals surface area contributed by atoms with E-state index in [2.05, 4.69) is 22.2 Å². The number of anilines is 1. The Morgan fingerprint density at radius 3 is 2.69 bits per heavy atom. The number of hydrogen-bond acceptors (Lipinski definition) is 6. The Bertz CT molecular complexity index is 1020. The van der Waals surface area contributed by atoms with Gasteiger partial charge in [0.05, 0.1) is 10.2 Å². The molecule has 0 fully saturated rings. The van der Waals surface area contributed by atoms with E-state index < -0.39 is 0 Å². The van der Waals surface area contributed by atoms with Crippen molar-refractivity contribution in [3.63, 3.8) is 0 Å². The van der Waals surface area contributed by atoms with Gasteiger partial charge in [0.15, 0.2) is 5.13 Å². The van der Waals surface area contributed by atoms with Crippen LogP contribution in [-0.4, -0.2) is 21.6 Å². The van der Waals surface area contributed by atoms with Crippen LogP contribution in [0, 0.1) is 0 Å². The summed E-state index contributed by atoms with van der Waals surface area (Å²) in [6.07, 6.45) is 0. The van der Waals surface area contributed by atoms with Gasteiger partial charge in [0.2, 0.25) is 0 Å². The smallest absolute Gasteiger partial charge is 0.257 e. The SMILES string of the molecule is CCSc1ccc(C(=O)Nc2nc(-c3nc4ccccc4s3)cs2)cc1. The second-order valence-corrected chi connectivity index (χ2v) is 8.66. The van der Waals surface area contributed by atoms with Crippen LogP contribution in [-0.2, 0) is 0 Å². The number of carbonyl (C=O) groups is 1. The van der Waals surface area contributed by atoms with Gasteiger partial charge >= 0.3 is 0 Å². The van der Waals surface area contributed by atoms with Crippen LogP contribution >= 0.6 is 34.4 Å². The predicted octanol–water partition coefficient (Wildman–Crippen LogP) is 5.78. The maximum absolute atomic E-state index is 12.4. The Morgan fingerprint density at radius 2 is 1.92 bits per heavy atom. The first-order valence-corrected chi connectivity index (χ1v) is 10.8. The van der Waals surface area contributed by atoms with Gasteiger partial charge in [-0.05, 0) is 42.2 Å². The Morgan fingerprint density at radius 1 is 1.12 bits per heavy atom. The maximum atomic E-state index is 12.4. The van der Waals surface area contributed by atoms with Crippen LogP contribution in [0.4, 0.5) is 5.13 Å². The summed E-state index contributed by atoms with van der Waals surface area (Å²) in [5, 5.41) is 6.24. The van der Waals surface area contributed by atoms with E-state index in [0.717, 1.165) is 31.6 Å². The van der Waals surface area contributed by atoms with Gasteiger partial charge in [0.1, 0.15) is 10.7 Å². The molecule has 0 radical (unpaired) electrons. The molecule has 0 unspecified atom stereocenters. The summed E-state index contributed by atoms with van der Waals surface area (Å²) >= 11 is 4.77. The second-order valence-electron chi connectivity index (χ2n) is 5.44. The van der Waals surface area contributed by atoms with E-state index >= 15 is 0 Å². The largest absolute Gasteiger partial charge is 0.298 e.